The average Bonchev–Trinajstić information content (AvgIpc) is 2.40. The lowest BCUT2D eigenvalue weighted by atomic mass is 9.88. The van der Waals surface area contributed by atoms with Crippen molar-refractivity contribution in [2.24, 2.45) is 0 Å². The minimum atomic E-state index is -0.156. The van der Waals surface area contributed by atoms with Crippen LogP contribution in [-0.4, -0.2) is 15.1 Å². The first kappa shape index (κ1) is 11.3. The number of phenolic OH excluding ortho intramolecular Hbond substituents is 1. The number of nitrogens with zero attached hydrogens (tertiary/aromatic N) is 1. The van der Waals surface area contributed by atoms with E-state index in [1.165, 1.54) is 25.3 Å². The third-order valence-electron chi connectivity index (χ3n) is 3.70. The molecule has 0 saturated heterocycles. The zero-order valence-electron chi connectivity index (χ0n) is 10.1. The summed E-state index contributed by atoms with van der Waals surface area (Å²) in [6.45, 7) is 0. The molecule has 94 valence electrons. The first-order valence-corrected chi connectivity index (χ1v) is 6.47. The van der Waals surface area contributed by atoms with Gasteiger partial charge in [-0.05, 0) is 31.0 Å². The summed E-state index contributed by atoms with van der Waals surface area (Å²) >= 11 is 0. The number of H-pyrrole nitrogens is 1. The molecule has 2 aromatic rings. The molecule has 0 spiro atoms. The Labute approximate surface area is 105 Å². The van der Waals surface area contributed by atoms with E-state index < -0.39 is 0 Å². The summed E-state index contributed by atoms with van der Waals surface area (Å²) in [5.41, 5.74) is 0.508. The molecule has 1 heterocycles. The van der Waals surface area contributed by atoms with E-state index in [4.69, 9.17) is 0 Å². The van der Waals surface area contributed by atoms with E-state index in [2.05, 4.69) is 9.97 Å². The molecule has 4 nitrogen and oxygen atoms in total. The monoisotopic (exact) mass is 244 g/mol. The SMILES string of the molecule is O=c1[nH]c(C2CCCCC2)nc2ccc(O)cc12. The third kappa shape index (κ3) is 1.98. The van der Waals surface area contributed by atoms with E-state index in [-0.39, 0.29) is 11.3 Å². The lowest BCUT2D eigenvalue weighted by molar-refractivity contribution is 0.429. The molecule has 1 aliphatic rings. The number of hydrogen-bond donors (Lipinski definition) is 2. The van der Waals surface area contributed by atoms with Crippen LogP contribution >= 0.6 is 0 Å². The Kier molecular flexibility index (Phi) is 2.78. The number of aromatic nitrogens is 2. The van der Waals surface area contributed by atoms with Crippen LogP contribution in [0.25, 0.3) is 10.9 Å². The fourth-order valence-corrected chi connectivity index (χ4v) is 2.71. The van der Waals surface area contributed by atoms with Crippen molar-refractivity contribution in [3.8, 4) is 5.75 Å². The van der Waals surface area contributed by atoms with Crippen molar-refractivity contribution in [3.05, 3.63) is 34.4 Å². The molecule has 0 atom stereocenters. The van der Waals surface area contributed by atoms with Crippen LogP contribution in [-0.2, 0) is 0 Å². The lowest BCUT2D eigenvalue weighted by Crippen LogP contribution is -2.16. The van der Waals surface area contributed by atoms with E-state index in [0.717, 1.165) is 18.7 Å². The predicted molar refractivity (Wildman–Crippen MR) is 69.9 cm³/mol. The van der Waals surface area contributed by atoms with Crippen LogP contribution in [0.4, 0.5) is 0 Å². The summed E-state index contributed by atoms with van der Waals surface area (Å²) in [5, 5.41) is 9.85. The van der Waals surface area contributed by atoms with Crippen LogP contribution < -0.4 is 5.56 Å². The fraction of sp³-hybridized carbons (Fsp3) is 0.429. The van der Waals surface area contributed by atoms with E-state index >= 15 is 0 Å². The number of aromatic amines is 1. The fourth-order valence-electron chi connectivity index (χ4n) is 2.71. The largest absolute Gasteiger partial charge is 0.508 e. The topological polar surface area (TPSA) is 66.0 Å². The molecule has 0 amide bonds. The second-order valence-electron chi connectivity index (χ2n) is 4.99. The first-order chi connectivity index (χ1) is 8.74. The van der Waals surface area contributed by atoms with Crippen LogP contribution in [0.2, 0.25) is 0 Å². The van der Waals surface area contributed by atoms with Gasteiger partial charge in [0.25, 0.3) is 5.56 Å². The van der Waals surface area contributed by atoms with Gasteiger partial charge in [0.2, 0.25) is 0 Å². The Bertz CT molecular complexity index is 627. The maximum atomic E-state index is 12.0. The Morgan fingerprint density at radius 3 is 2.78 bits per heavy atom. The Morgan fingerprint density at radius 1 is 1.22 bits per heavy atom. The van der Waals surface area contributed by atoms with Gasteiger partial charge in [0.1, 0.15) is 11.6 Å². The minimum Gasteiger partial charge on any atom is -0.508 e. The molecule has 2 N–H and O–H groups in total. The van der Waals surface area contributed by atoms with E-state index in [1.54, 1.807) is 12.1 Å². The molecule has 0 bridgehead atoms. The second kappa shape index (κ2) is 4.44. The zero-order chi connectivity index (χ0) is 12.5. The van der Waals surface area contributed by atoms with Crippen molar-refractivity contribution in [3.63, 3.8) is 0 Å². The summed E-state index contributed by atoms with van der Waals surface area (Å²) < 4.78 is 0. The van der Waals surface area contributed by atoms with Crippen molar-refractivity contribution in [2.45, 2.75) is 38.0 Å². The average molecular weight is 244 g/mol. The number of rotatable bonds is 1. The standard InChI is InChI=1S/C14H16N2O2/c17-10-6-7-12-11(8-10)14(18)16-13(15-12)9-4-2-1-3-5-9/h6-9,17H,1-5H2,(H,15,16,18). The number of fused-ring (bicyclic) bond motifs is 1. The lowest BCUT2D eigenvalue weighted by Gasteiger charge is -2.20. The summed E-state index contributed by atoms with van der Waals surface area (Å²) in [6, 6.07) is 4.73. The molecular weight excluding hydrogens is 228 g/mol. The van der Waals surface area contributed by atoms with Crippen LogP contribution in [0.3, 0.4) is 0 Å². The van der Waals surface area contributed by atoms with Gasteiger partial charge in [0.15, 0.2) is 0 Å². The molecule has 1 saturated carbocycles. The molecule has 4 heteroatoms. The second-order valence-corrected chi connectivity index (χ2v) is 4.99. The highest BCUT2D eigenvalue weighted by Gasteiger charge is 2.18. The van der Waals surface area contributed by atoms with Crippen LogP contribution in [0.1, 0.15) is 43.8 Å². The Morgan fingerprint density at radius 2 is 2.00 bits per heavy atom. The van der Waals surface area contributed by atoms with Crippen molar-refractivity contribution < 1.29 is 5.11 Å². The van der Waals surface area contributed by atoms with Gasteiger partial charge in [0.05, 0.1) is 10.9 Å². The molecule has 0 radical (unpaired) electrons. The van der Waals surface area contributed by atoms with Gasteiger partial charge in [-0.25, -0.2) is 4.98 Å². The van der Waals surface area contributed by atoms with E-state index in [1.807, 2.05) is 0 Å². The van der Waals surface area contributed by atoms with Gasteiger partial charge in [-0.3, -0.25) is 4.79 Å². The smallest absolute Gasteiger partial charge is 0.258 e. The molecule has 0 aliphatic heterocycles. The molecule has 0 unspecified atom stereocenters. The first-order valence-electron chi connectivity index (χ1n) is 6.47. The van der Waals surface area contributed by atoms with Gasteiger partial charge in [0, 0.05) is 5.92 Å². The highest BCUT2D eigenvalue weighted by molar-refractivity contribution is 5.78. The summed E-state index contributed by atoms with van der Waals surface area (Å²) in [5.74, 6) is 1.28. The quantitative estimate of drug-likeness (QED) is 0.810. The van der Waals surface area contributed by atoms with Gasteiger partial charge in [-0.2, -0.15) is 0 Å². The normalized spacial score (nSPS) is 17.1. The van der Waals surface area contributed by atoms with Crippen LogP contribution in [0.15, 0.2) is 23.0 Å². The molecule has 1 aromatic carbocycles. The van der Waals surface area contributed by atoms with Crippen LogP contribution in [0.5, 0.6) is 5.75 Å². The molecule has 3 rings (SSSR count). The molecule has 1 fully saturated rings. The number of benzene rings is 1. The number of phenols is 1. The highest BCUT2D eigenvalue weighted by atomic mass is 16.3. The van der Waals surface area contributed by atoms with Crippen molar-refractivity contribution in [1.82, 2.24) is 9.97 Å². The predicted octanol–water partition coefficient (Wildman–Crippen LogP) is 2.68. The maximum absolute atomic E-state index is 12.0. The molecule has 1 aromatic heterocycles. The zero-order valence-corrected chi connectivity index (χ0v) is 10.1. The number of hydrogen-bond acceptors (Lipinski definition) is 3. The summed E-state index contributed by atoms with van der Waals surface area (Å²) in [7, 11) is 0. The summed E-state index contributed by atoms with van der Waals surface area (Å²) in [4.78, 5) is 19.4. The van der Waals surface area contributed by atoms with Crippen molar-refractivity contribution in [2.75, 3.05) is 0 Å². The van der Waals surface area contributed by atoms with Crippen molar-refractivity contribution >= 4 is 10.9 Å². The molecular formula is C14H16N2O2. The maximum Gasteiger partial charge on any atom is 0.258 e. The van der Waals surface area contributed by atoms with E-state index in [9.17, 15) is 9.90 Å². The van der Waals surface area contributed by atoms with Gasteiger partial charge in [-0.1, -0.05) is 19.3 Å². The summed E-state index contributed by atoms with van der Waals surface area (Å²) in [6.07, 6.45) is 5.91. The number of nitrogens with one attached hydrogen (secondary N) is 1. The van der Waals surface area contributed by atoms with Crippen LogP contribution in [0, 0.1) is 0 Å². The molecule has 18 heavy (non-hydrogen) atoms. The minimum absolute atomic E-state index is 0.0974. The van der Waals surface area contributed by atoms with Gasteiger partial charge < -0.3 is 10.1 Å². The highest BCUT2D eigenvalue weighted by Crippen LogP contribution is 2.30. The van der Waals surface area contributed by atoms with Gasteiger partial charge in [-0.15, -0.1) is 0 Å². The third-order valence-corrected chi connectivity index (χ3v) is 3.70. The van der Waals surface area contributed by atoms with E-state index in [0.29, 0.717) is 16.8 Å². The number of aromatic hydroxyl groups is 1. The Balaban J connectivity index is 2.09. The van der Waals surface area contributed by atoms with Gasteiger partial charge >= 0.3 is 0 Å². The van der Waals surface area contributed by atoms with Crippen molar-refractivity contribution in [1.29, 1.82) is 0 Å². The Hall–Kier alpha value is -1.84. The molecule has 1 aliphatic carbocycles.